The Morgan fingerprint density at radius 1 is 1.04 bits per heavy atom. The Balaban J connectivity index is 2.00. The minimum atomic E-state index is -3.90. The molecule has 2 aromatic rings. The number of hydrazine groups is 1. The molecule has 0 atom stereocenters. The monoisotopic (exact) mass is 406 g/mol. The molecule has 9 heteroatoms. The quantitative estimate of drug-likeness (QED) is 0.488. The summed E-state index contributed by atoms with van der Waals surface area (Å²) in [6.07, 6.45) is 2.68. The molecule has 0 saturated heterocycles. The number of amides is 1. The summed E-state index contributed by atoms with van der Waals surface area (Å²) in [5, 5.41) is 0. The van der Waals surface area contributed by atoms with E-state index in [-0.39, 0.29) is 4.90 Å². The van der Waals surface area contributed by atoms with Gasteiger partial charge in [0.2, 0.25) is 0 Å². The lowest BCUT2D eigenvalue weighted by molar-refractivity contribution is -0.116. The van der Waals surface area contributed by atoms with Gasteiger partial charge in [0.15, 0.2) is 0 Å². The van der Waals surface area contributed by atoms with Gasteiger partial charge in [-0.2, -0.15) is 0 Å². The number of carbonyl (C=O) groups excluding carboxylic acids is 1. The van der Waals surface area contributed by atoms with Crippen molar-refractivity contribution >= 4 is 22.0 Å². The van der Waals surface area contributed by atoms with Crippen LogP contribution < -0.4 is 24.5 Å². The van der Waals surface area contributed by atoms with E-state index in [1.807, 2.05) is 11.8 Å². The highest BCUT2D eigenvalue weighted by Crippen LogP contribution is 2.25. The van der Waals surface area contributed by atoms with Gasteiger partial charge < -0.3 is 14.2 Å². The van der Waals surface area contributed by atoms with Gasteiger partial charge in [-0.15, -0.1) is 4.83 Å². The maximum Gasteiger partial charge on any atom is 0.258 e. The predicted molar refractivity (Wildman–Crippen MR) is 105 cm³/mol. The normalized spacial score (nSPS) is 11.2. The van der Waals surface area contributed by atoms with Crippen molar-refractivity contribution in [3.8, 4) is 17.2 Å². The molecule has 0 aliphatic rings. The van der Waals surface area contributed by atoms with Gasteiger partial charge in [0, 0.05) is 17.7 Å². The molecule has 0 fully saturated rings. The zero-order valence-corrected chi connectivity index (χ0v) is 16.6. The number of sulfonamides is 1. The summed E-state index contributed by atoms with van der Waals surface area (Å²) >= 11 is 0. The second-order valence-electron chi connectivity index (χ2n) is 5.44. The zero-order valence-electron chi connectivity index (χ0n) is 15.8. The summed E-state index contributed by atoms with van der Waals surface area (Å²) in [5.41, 5.74) is 2.76. The number of carbonyl (C=O) groups is 1. The molecule has 0 aliphatic carbocycles. The molecule has 2 aromatic carbocycles. The van der Waals surface area contributed by atoms with E-state index in [4.69, 9.17) is 14.2 Å². The van der Waals surface area contributed by atoms with Crippen LogP contribution in [0.3, 0.4) is 0 Å². The van der Waals surface area contributed by atoms with E-state index in [1.165, 1.54) is 50.6 Å². The first-order valence-electron chi connectivity index (χ1n) is 8.34. The molecule has 0 spiro atoms. The van der Waals surface area contributed by atoms with Gasteiger partial charge in [0.05, 0.1) is 25.7 Å². The molecule has 0 bridgehead atoms. The van der Waals surface area contributed by atoms with Gasteiger partial charge in [0.1, 0.15) is 17.2 Å². The van der Waals surface area contributed by atoms with E-state index in [0.717, 1.165) is 0 Å². The highest BCUT2D eigenvalue weighted by molar-refractivity contribution is 7.89. The van der Waals surface area contributed by atoms with Gasteiger partial charge in [0.25, 0.3) is 15.9 Å². The minimum absolute atomic E-state index is 0.00273. The topological polar surface area (TPSA) is 103 Å². The molecule has 2 N–H and O–H groups in total. The third kappa shape index (κ3) is 5.73. The highest BCUT2D eigenvalue weighted by Gasteiger charge is 2.14. The molecule has 28 heavy (non-hydrogen) atoms. The first-order valence-corrected chi connectivity index (χ1v) is 9.82. The predicted octanol–water partition coefficient (Wildman–Crippen LogP) is 2.13. The van der Waals surface area contributed by atoms with E-state index in [9.17, 15) is 13.2 Å². The Morgan fingerprint density at radius 3 is 2.32 bits per heavy atom. The van der Waals surface area contributed by atoms with Gasteiger partial charge in [-0.05, 0) is 49.4 Å². The smallest absolute Gasteiger partial charge is 0.258 e. The fourth-order valence-corrected chi connectivity index (χ4v) is 3.07. The molecule has 0 saturated carbocycles. The van der Waals surface area contributed by atoms with Crippen LogP contribution in [-0.4, -0.2) is 35.2 Å². The molecule has 0 aliphatic heterocycles. The van der Waals surface area contributed by atoms with Crippen LogP contribution >= 0.6 is 0 Å². The van der Waals surface area contributed by atoms with Crippen molar-refractivity contribution < 1.29 is 27.4 Å². The van der Waals surface area contributed by atoms with E-state index >= 15 is 0 Å². The van der Waals surface area contributed by atoms with E-state index < -0.39 is 15.9 Å². The van der Waals surface area contributed by atoms with Crippen molar-refractivity contribution in [2.75, 3.05) is 20.8 Å². The maximum absolute atomic E-state index is 12.2. The van der Waals surface area contributed by atoms with Crippen LogP contribution in [0.5, 0.6) is 17.2 Å². The van der Waals surface area contributed by atoms with Crippen LogP contribution in [0.4, 0.5) is 0 Å². The summed E-state index contributed by atoms with van der Waals surface area (Å²) in [5.74, 6) is 1.04. The van der Waals surface area contributed by atoms with E-state index in [0.29, 0.717) is 29.4 Å². The van der Waals surface area contributed by atoms with Crippen LogP contribution in [0, 0.1) is 0 Å². The number of hydrogen-bond donors (Lipinski definition) is 2. The van der Waals surface area contributed by atoms with Gasteiger partial charge in [-0.3, -0.25) is 10.2 Å². The highest BCUT2D eigenvalue weighted by atomic mass is 32.2. The van der Waals surface area contributed by atoms with Crippen LogP contribution in [0.25, 0.3) is 6.08 Å². The Kier molecular flexibility index (Phi) is 7.42. The minimum Gasteiger partial charge on any atom is -0.497 e. The summed E-state index contributed by atoms with van der Waals surface area (Å²) < 4.78 is 40.1. The molecule has 2 rings (SSSR count). The molecule has 0 unspecified atom stereocenters. The third-order valence-electron chi connectivity index (χ3n) is 3.61. The lowest BCUT2D eigenvalue weighted by Gasteiger charge is -2.09. The Bertz CT molecular complexity index is 939. The molecule has 1 amide bonds. The Labute approximate surface area is 164 Å². The number of ether oxygens (including phenoxy) is 3. The van der Waals surface area contributed by atoms with Crippen LogP contribution in [0.1, 0.15) is 12.5 Å². The number of hydrogen-bond acceptors (Lipinski definition) is 6. The summed E-state index contributed by atoms with van der Waals surface area (Å²) in [4.78, 5) is 14.0. The van der Waals surface area contributed by atoms with Crippen molar-refractivity contribution in [2.45, 2.75) is 11.8 Å². The van der Waals surface area contributed by atoms with Crippen molar-refractivity contribution in [1.82, 2.24) is 10.3 Å². The second-order valence-corrected chi connectivity index (χ2v) is 7.12. The Hall–Kier alpha value is -3.04. The lowest BCUT2D eigenvalue weighted by atomic mass is 10.1. The number of nitrogens with one attached hydrogen (secondary N) is 2. The Morgan fingerprint density at radius 2 is 1.71 bits per heavy atom. The molecule has 0 radical (unpaired) electrons. The van der Waals surface area contributed by atoms with Gasteiger partial charge in [-0.1, -0.05) is 0 Å². The zero-order chi connectivity index (χ0) is 20.6. The molecular weight excluding hydrogens is 384 g/mol. The molecule has 0 heterocycles. The van der Waals surface area contributed by atoms with Crippen LogP contribution in [0.2, 0.25) is 0 Å². The van der Waals surface area contributed by atoms with E-state index in [2.05, 4.69) is 5.43 Å². The van der Waals surface area contributed by atoms with Crippen molar-refractivity contribution in [3.05, 3.63) is 54.1 Å². The maximum atomic E-state index is 12.2. The first kappa shape index (κ1) is 21.3. The lowest BCUT2D eigenvalue weighted by Crippen LogP contribution is -2.40. The van der Waals surface area contributed by atoms with Crippen molar-refractivity contribution in [1.29, 1.82) is 0 Å². The van der Waals surface area contributed by atoms with Crippen molar-refractivity contribution in [3.63, 3.8) is 0 Å². The molecular formula is C19H22N2O6S. The summed E-state index contributed by atoms with van der Waals surface area (Å²) in [6, 6.07) is 11.0. The number of rotatable bonds is 9. The summed E-state index contributed by atoms with van der Waals surface area (Å²) in [6.45, 7) is 2.31. The molecule has 150 valence electrons. The van der Waals surface area contributed by atoms with Crippen LogP contribution in [0.15, 0.2) is 53.4 Å². The molecule has 0 aromatic heterocycles. The van der Waals surface area contributed by atoms with Crippen molar-refractivity contribution in [2.24, 2.45) is 0 Å². The van der Waals surface area contributed by atoms with Crippen LogP contribution in [-0.2, 0) is 14.8 Å². The van der Waals surface area contributed by atoms with Gasteiger partial charge in [-0.25, -0.2) is 8.42 Å². The number of methoxy groups -OCH3 is 2. The second kappa shape index (κ2) is 9.77. The fraction of sp³-hybridized carbons (Fsp3) is 0.211. The summed E-state index contributed by atoms with van der Waals surface area (Å²) in [7, 11) is -0.871. The van der Waals surface area contributed by atoms with E-state index in [1.54, 1.807) is 18.2 Å². The average molecular weight is 406 g/mol. The number of benzene rings is 2. The fourth-order valence-electron chi connectivity index (χ4n) is 2.22. The standard InChI is InChI=1S/C19H22N2O6S/c1-4-27-15-8-10-17(11-9-15)28(23,24)21-20-19(22)12-6-14-5-7-16(25-2)13-18(14)26-3/h5-13,21H,4H2,1-3H3,(H,20,22)/b12-6+. The molecule has 8 nitrogen and oxygen atoms in total. The largest absolute Gasteiger partial charge is 0.497 e. The SMILES string of the molecule is CCOc1ccc(S(=O)(=O)NNC(=O)/C=C/c2ccc(OC)cc2OC)cc1. The average Bonchev–Trinajstić information content (AvgIpc) is 2.71. The first-order chi connectivity index (χ1) is 13.4. The van der Waals surface area contributed by atoms with Gasteiger partial charge >= 0.3 is 0 Å². The third-order valence-corrected chi connectivity index (χ3v) is 4.87.